The molecule has 8 atom stereocenters. The second-order valence-electron chi connectivity index (χ2n) is 8.88. The molecule has 11 heteroatoms. The van der Waals surface area contributed by atoms with Gasteiger partial charge < -0.3 is 33.3 Å². The summed E-state index contributed by atoms with van der Waals surface area (Å²) >= 11 is 0. The molecule has 0 aromatic rings. The van der Waals surface area contributed by atoms with E-state index < -0.39 is 43.7 Å². The molecule has 1 saturated carbocycles. The van der Waals surface area contributed by atoms with Gasteiger partial charge in [-0.25, -0.2) is 0 Å². The third-order valence-corrected chi connectivity index (χ3v) is 6.20. The normalized spacial score (nSPS) is 38.9. The van der Waals surface area contributed by atoms with E-state index >= 15 is 0 Å². The second-order valence-corrected chi connectivity index (χ2v) is 10.2. The second kappa shape index (κ2) is 9.92. The van der Waals surface area contributed by atoms with Crippen LogP contribution in [0, 0.1) is 11.8 Å². The van der Waals surface area contributed by atoms with Crippen molar-refractivity contribution >= 4 is 13.8 Å². The number of carbonyl (C=O) groups excluding carboxylic acids is 1. The van der Waals surface area contributed by atoms with Crippen molar-refractivity contribution in [1.29, 1.82) is 0 Å². The third kappa shape index (κ3) is 6.46. The lowest BCUT2D eigenvalue weighted by molar-refractivity contribution is -0.236. The van der Waals surface area contributed by atoms with Crippen LogP contribution in [-0.4, -0.2) is 60.0 Å². The fraction of sp³-hybridized carbons (Fsp3) is 0.947. The number of nitrogens with two attached hydrogens (primary N) is 1. The first kappa shape index (κ1) is 25.7. The predicted octanol–water partition coefficient (Wildman–Crippen LogP) is 1.08. The smallest absolute Gasteiger partial charge is 0.322 e. The van der Waals surface area contributed by atoms with Crippen molar-refractivity contribution in [3.8, 4) is 0 Å². The van der Waals surface area contributed by atoms with E-state index in [0.29, 0.717) is 6.42 Å². The van der Waals surface area contributed by atoms with E-state index in [0.717, 1.165) is 0 Å². The van der Waals surface area contributed by atoms with Crippen molar-refractivity contribution in [3.63, 3.8) is 0 Å². The monoisotopic (exact) mass is 452 g/mol. The summed E-state index contributed by atoms with van der Waals surface area (Å²) in [5.41, 5.74) is 4.69. The molecular formula is C19H35NO9P-. The Morgan fingerprint density at radius 3 is 2.47 bits per heavy atom. The number of aliphatic hydroxyl groups excluding tert-OH is 1. The predicted molar refractivity (Wildman–Crippen MR) is 105 cm³/mol. The third-order valence-electron chi connectivity index (χ3n) is 5.29. The van der Waals surface area contributed by atoms with Gasteiger partial charge >= 0.3 is 13.8 Å². The fourth-order valence-electron chi connectivity index (χ4n) is 3.91. The van der Waals surface area contributed by atoms with Gasteiger partial charge in [-0.1, -0.05) is 6.92 Å². The Kier molecular flexibility index (Phi) is 8.49. The Balaban J connectivity index is 2.07. The summed E-state index contributed by atoms with van der Waals surface area (Å²) in [6.07, 6.45) is -2.93. The standard InChI is InChI=1S/C19H36NO9P/c1-10(2)25-9-19(20)15(8-13(6)27-19)28-30(23,24)29-18(22)16-14(26-11(3)4)7-12(5)17(16)21/h10-17,21H,7-9,20H2,1-6H3,(H,23,24)/p-1/t12-,13-,14?,15?,16+,17?,19+/m0/s1. The number of hydrogen-bond acceptors (Lipinski definition) is 10. The molecular weight excluding hydrogens is 417 g/mol. The van der Waals surface area contributed by atoms with Crippen molar-refractivity contribution in [2.24, 2.45) is 17.6 Å². The van der Waals surface area contributed by atoms with Crippen LogP contribution in [0.2, 0.25) is 0 Å². The molecule has 30 heavy (non-hydrogen) atoms. The molecule has 0 aromatic heterocycles. The lowest BCUT2D eigenvalue weighted by Crippen LogP contribution is -2.54. The summed E-state index contributed by atoms with van der Waals surface area (Å²) < 4.78 is 39.1. The maximum absolute atomic E-state index is 12.6. The average Bonchev–Trinajstić information content (AvgIpc) is 3.00. The number of ether oxygens (including phenoxy) is 3. The van der Waals surface area contributed by atoms with Gasteiger partial charge in [-0.2, -0.15) is 0 Å². The van der Waals surface area contributed by atoms with Gasteiger partial charge in [0.1, 0.15) is 12.0 Å². The highest BCUT2D eigenvalue weighted by Gasteiger charge is 2.50. The highest BCUT2D eigenvalue weighted by atomic mass is 31.2. The van der Waals surface area contributed by atoms with Crippen LogP contribution in [-0.2, 0) is 32.6 Å². The average molecular weight is 452 g/mol. The molecule has 2 rings (SSSR count). The van der Waals surface area contributed by atoms with Crippen molar-refractivity contribution < 1.29 is 42.6 Å². The molecule has 1 aliphatic heterocycles. The molecule has 176 valence electrons. The summed E-state index contributed by atoms with van der Waals surface area (Å²) in [5, 5.41) is 10.4. The van der Waals surface area contributed by atoms with Gasteiger partial charge in [-0.15, -0.1) is 0 Å². The molecule has 1 saturated heterocycles. The van der Waals surface area contributed by atoms with Gasteiger partial charge in [0.2, 0.25) is 0 Å². The Labute approximate surface area is 178 Å². The van der Waals surface area contributed by atoms with E-state index in [-0.39, 0.29) is 37.3 Å². The number of phosphoric acid groups is 1. The summed E-state index contributed by atoms with van der Waals surface area (Å²) in [7, 11) is -5.09. The fourth-order valence-corrected chi connectivity index (χ4v) is 4.87. The van der Waals surface area contributed by atoms with Crippen molar-refractivity contribution in [2.75, 3.05) is 6.61 Å². The molecule has 1 heterocycles. The van der Waals surface area contributed by atoms with Gasteiger partial charge in [-0.05, 0) is 47.0 Å². The summed E-state index contributed by atoms with van der Waals surface area (Å²) in [6, 6.07) is 0. The number of carbonyl (C=O) groups is 1. The maximum Gasteiger partial charge on any atom is 0.322 e. The van der Waals surface area contributed by atoms with Crippen LogP contribution in [0.5, 0.6) is 0 Å². The van der Waals surface area contributed by atoms with Gasteiger partial charge in [0.15, 0.2) is 5.72 Å². The van der Waals surface area contributed by atoms with Crippen LogP contribution in [0.3, 0.4) is 0 Å². The number of rotatable bonds is 9. The van der Waals surface area contributed by atoms with E-state index in [2.05, 4.69) is 0 Å². The zero-order valence-electron chi connectivity index (χ0n) is 18.5. The maximum atomic E-state index is 12.6. The molecule has 0 radical (unpaired) electrons. The first-order chi connectivity index (χ1) is 13.7. The minimum Gasteiger partial charge on any atom is -0.746 e. The molecule has 4 unspecified atom stereocenters. The number of aliphatic hydroxyl groups is 1. The van der Waals surface area contributed by atoms with Crippen LogP contribution in [0.1, 0.15) is 54.4 Å². The Morgan fingerprint density at radius 1 is 1.27 bits per heavy atom. The Bertz CT molecular complexity index is 643. The molecule has 10 nitrogen and oxygen atoms in total. The quantitative estimate of drug-likeness (QED) is 0.487. The Hall–Kier alpha value is -0.580. The molecule has 0 spiro atoms. The molecule has 0 bridgehead atoms. The minimum atomic E-state index is -5.09. The Morgan fingerprint density at radius 2 is 1.90 bits per heavy atom. The van der Waals surface area contributed by atoms with E-state index in [9.17, 15) is 19.4 Å². The highest BCUT2D eigenvalue weighted by Crippen LogP contribution is 2.47. The summed E-state index contributed by atoms with van der Waals surface area (Å²) in [4.78, 5) is 25.1. The molecule has 1 aliphatic carbocycles. The molecule has 0 amide bonds. The number of phosphoric ester groups is 1. The van der Waals surface area contributed by atoms with E-state index in [1.165, 1.54) is 0 Å². The molecule has 3 N–H and O–H groups in total. The van der Waals surface area contributed by atoms with Gasteiger partial charge in [0.25, 0.3) is 0 Å². The van der Waals surface area contributed by atoms with E-state index in [1.807, 2.05) is 0 Å². The van der Waals surface area contributed by atoms with E-state index in [4.69, 9.17) is 29.0 Å². The van der Waals surface area contributed by atoms with Crippen molar-refractivity contribution in [1.82, 2.24) is 0 Å². The van der Waals surface area contributed by atoms with Gasteiger partial charge in [0.05, 0.1) is 37.1 Å². The van der Waals surface area contributed by atoms with Crippen LogP contribution in [0.4, 0.5) is 0 Å². The lowest BCUT2D eigenvalue weighted by atomic mass is 10.0. The molecule has 2 fully saturated rings. The minimum absolute atomic E-state index is 0.0865. The van der Waals surface area contributed by atoms with E-state index in [1.54, 1.807) is 41.5 Å². The number of hydrogen-bond donors (Lipinski definition) is 2. The topological polar surface area (TPSA) is 150 Å². The van der Waals surface area contributed by atoms with Crippen LogP contribution in [0.15, 0.2) is 0 Å². The highest BCUT2D eigenvalue weighted by molar-refractivity contribution is 7.46. The summed E-state index contributed by atoms with van der Waals surface area (Å²) in [5.74, 6) is -2.48. The van der Waals surface area contributed by atoms with Gasteiger partial charge in [-0.3, -0.25) is 15.1 Å². The van der Waals surface area contributed by atoms with Crippen LogP contribution in [0.25, 0.3) is 0 Å². The first-order valence-corrected chi connectivity index (χ1v) is 11.8. The van der Waals surface area contributed by atoms with Crippen LogP contribution >= 0.6 is 7.82 Å². The molecule has 0 aromatic carbocycles. The first-order valence-electron chi connectivity index (χ1n) is 10.4. The SMILES string of the molecule is CC(C)OC[C@@]1(N)O[C@@H](C)CC1OP(=O)([O-])OC(=O)[C@@H]1C(OC(C)C)C[C@H](C)C1O. The summed E-state index contributed by atoms with van der Waals surface area (Å²) in [6.45, 7) is 10.6. The van der Waals surface area contributed by atoms with Gasteiger partial charge in [0, 0.05) is 6.42 Å². The lowest BCUT2D eigenvalue weighted by Gasteiger charge is -2.34. The largest absolute Gasteiger partial charge is 0.746 e. The van der Waals surface area contributed by atoms with Crippen LogP contribution < -0.4 is 10.6 Å². The zero-order chi connectivity index (χ0) is 22.9. The van der Waals surface area contributed by atoms with Crippen molar-refractivity contribution in [3.05, 3.63) is 0 Å². The zero-order valence-corrected chi connectivity index (χ0v) is 19.4. The van der Waals surface area contributed by atoms with Crippen molar-refractivity contribution in [2.45, 2.75) is 96.7 Å². The molecule has 2 aliphatic rings.